The molecule has 0 aliphatic carbocycles. The fraction of sp³-hybridized carbons (Fsp3) is 0.133. The van der Waals surface area contributed by atoms with Crippen LogP contribution in [-0.2, 0) is 9.84 Å². The summed E-state index contributed by atoms with van der Waals surface area (Å²) in [6.45, 7) is 1.88. The fourth-order valence-electron chi connectivity index (χ4n) is 1.93. The first-order valence-corrected chi connectivity index (χ1v) is 9.31. The van der Waals surface area contributed by atoms with Crippen LogP contribution in [0, 0.1) is 6.92 Å². The number of sulfone groups is 1. The summed E-state index contributed by atoms with van der Waals surface area (Å²) in [5, 5.41) is 2.43. The van der Waals surface area contributed by atoms with Gasteiger partial charge in [-0.15, -0.1) is 0 Å². The molecular formula is C15H13AsF3NO3S. The van der Waals surface area contributed by atoms with E-state index in [0.29, 0.717) is 5.69 Å². The number of amides is 1. The molecule has 0 bridgehead atoms. The molecular weight excluding hydrogens is 406 g/mol. The van der Waals surface area contributed by atoms with Crippen LogP contribution in [0.1, 0.15) is 15.9 Å². The first-order chi connectivity index (χ1) is 11.0. The normalized spacial score (nSPS) is 12.0. The predicted octanol–water partition coefficient (Wildman–Crippen LogP) is 1.80. The number of hydrogen-bond acceptors (Lipinski definition) is 3. The molecule has 1 amide bonds. The van der Waals surface area contributed by atoms with E-state index in [1.807, 2.05) is 6.92 Å². The number of anilines is 1. The van der Waals surface area contributed by atoms with Gasteiger partial charge < -0.3 is 0 Å². The number of carbonyl (C=O) groups excluding carboxylic acids is 1. The number of aryl methyl sites for hydroxylation is 1. The van der Waals surface area contributed by atoms with Gasteiger partial charge in [-0.3, -0.25) is 0 Å². The van der Waals surface area contributed by atoms with Gasteiger partial charge in [0.25, 0.3) is 0 Å². The van der Waals surface area contributed by atoms with E-state index in [2.05, 4.69) is 5.32 Å². The van der Waals surface area contributed by atoms with Gasteiger partial charge in [0, 0.05) is 0 Å². The molecule has 2 aromatic carbocycles. The van der Waals surface area contributed by atoms with Gasteiger partial charge in [-0.05, 0) is 0 Å². The molecule has 9 heteroatoms. The van der Waals surface area contributed by atoms with Gasteiger partial charge in [0.2, 0.25) is 0 Å². The molecule has 0 spiro atoms. The van der Waals surface area contributed by atoms with Gasteiger partial charge in [0.05, 0.1) is 0 Å². The number of benzene rings is 2. The summed E-state index contributed by atoms with van der Waals surface area (Å²) >= 11 is 1.33. The van der Waals surface area contributed by atoms with E-state index in [9.17, 15) is 26.4 Å². The van der Waals surface area contributed by atoms with Crippen LogP contribution < -0.4 is 9.67 Å². The van der Waals surface area contributed by atoms with Crippen molar-refractivity contribution < 1.29 is 26.4 Å². The van der Waals surface area contributed by atoms with Crippen LogP contribution in [0.3, 0.4) is 0 Å². The Morgan fingerprint density at radius 2 is 1.75 bits per heavy atom. The minimum absolute atomic E-state index is 0.379. The molecule has 24 heavy (non-hydrogen) atoms. The Kier molecular flexibility index (Phi) is 5.10. The molecule has 1 atom stereocenters. The zero-order valence-electron chi connectivity index (χ0n) is 12.4. The van der Waals surface area contributed by atoms with Crippen molar-refractivity contribution in [2.45, 2.75) is 17.3 Å². The first-order valence-electron chi connectivity index (χ1n) is 6.62. The van der Waals surface area contributed by atoms with Gasteiger partial charge in [-0.1, -0.05) is 0 Å². The second-order valence-electron chi connectivity index (χ2n) is 4.97. The quantitative estimate of drug-likeness (QED) is 0.772. The van der Waals surface area contributed by atoms with Gasteiger partial charge in [-0.2, -0.15) is 0 Å². The number of rotatable bonds is 3. The molecule has 0 aromatic heterocycles. The minimum atomic E-state index is -5.62. The van der Waals surface area contributed by atoms with Crippen molar-refractivity contribution in [3.05, 3.63) is 53.6 Å². The monoisotopic (exact) mass is 419 g/mol. The molecule has 0 heterocycles. The van der Waals surface area contributed by atoms with Gasteiger partial charge >= 0.3 is 145 Å². The van der Waals surface area contributed by atoms with E-state index < -0.39 is 31.7 Å². The summed E-state index contributed by atoms with van der Waals surface area (Å²) in [6, 6.07) is 9.26. The molecule has 0 saturated heterocycles. The van der Waals surface area contributed by atoms with Crippen molar-refractivity contribution in [1.29, 1.82) is 0 Å². The van der Waals surface area contributed by atoms with Crippen molar-refractivity contribution in [2.75, 3.05) is 5.32 Å². The van der Waals surface area contributed by atoms with Crippen molar-refractivity contribution in [3.63, 3.8) is 0 Å². The third-order valence-electron chi connectivity index (χ3n) is 3.26. The molecule has 1 N–H and O–H groups in total. The van der Waals surface area contributed by atoms with E-state index in [1.54, 1.807) is 18.2 Å². The summed E-state index contributed by atoms with van der Waals surface area (Å²) in [5.41, 5.74) is -4.65. The zero-order chi connectivity index (χ0) is 18.1. The molecule has 0 fully saturated rings. The summed E-state index contributed by atoms with van der Waals surface area (Å²) in [7, 11) is -5.62. The Morgan fingerprint density at radius 3 is 2.33 bits per heavy atom. The molecule has 2 aromatic rings. The van der Waals surface area contributed by atoms with Crippen molar-refractivity contribution in [3.8, 4) is 0 Å². The topological polar surface area (TPSA) is 63.2 Å². The third-order valence-corrected chi connectivity index (χ3v) is 6.11. The number of nitrogens with one attached hydrogen (secondary N) is 1. The zero-order valence-corrected chi connectivity index (χ0v) is 15.6. The summed E-state index contributed by atoms with van der Waals surface area (Å²) < 4.78 is 62.5. The third kappa shape index (κ3) is 3.65. The van der Waals surface area contributed by atoms with E-state index in [0.717, 1.165) is 28.1 Å². The maximum absolute atomic E-state index is 12.8. The van der Waals surface area contributed by atoms with Crippen LogP contribution >= 0.6 is 0 Å². The predicted molar refractivity (Wildman–Crippen MR) is 87.0 cm³/mol. The molecule has 0 aliphatic heterocycles. The van der Waals surface area contributed by atoms with Gasteiger partial charge in [0.15, 0.2) is 0 Å². The van der Waals surface area contributed by atoms with Crippen LogP contribution in [0.15, 0.2) is 47.4 Å². The number of halogens is 3. The molecule has 1 unspecified atom stereocenters. The average molecular weight is 419 g/mol. The van der Waals surface area contributed by atoms with Gasteiger partial charge in [-0.25, -0.2) is 0 Å². The van der Waals surface area contributed by atoms with Crippen LogP contribution in [0.5, 0.6) is 0 Å². The Bertz CT molecular complexity index is 895. The van der Waals surface area contributed by atoms with Crippen molar-refractivity contribution in [2.24, 2.45) is 0 Å². The van der Waals surface area contributed by atoms with Crippen molar-refractivity contribution in [1.82, 2.24) is 0 Å². The molecule has 0 saturated carbocycles. The Hall–Kier alpha value is -1.79. The fourth-order valence-corrected chi connectivity index (χ4v) is 3.47. The summed E-state index contributed by atoms with van der Waals surface area (Å²) in [4.78, 5) is 11.2. The molecule has 4 nitrogen and oxygen atoms in total. The number of hydrogen-bond donors (Lipinski definition) is 1. The Balaban J connectivity index is 2.43. The van der Waals surface area contributed by atoms with Crippen LogP contribution in [0.4, 0.5) is 18.9 Å². The van der Waals surface area contributed by atoms with Gasteiger partial charge in [0.1, 0.15) is 0 Å². The number of alkyl halides is 3. The Morgan fingerprint density at radius 1 is 1.12 bits per heavy atom. The van der Waals surface area contributed by atoms with Crippen molar-refractivity contribution >= 4 is 42.6 Å². The van der Waals surface area contributed by atoms with Crippen LogP contribution in [0.2, 0.25) is 0 Å². The molecule has 0 aliphatic rings. The number of carbonyl (C=O) groups is 1. The maximum atomic E-state index is 12.8. The van der Waals surface area contributed by atoms with E-state index in [1.165, 1.54) is 22.9 Å². The first kappa shape index (κ1) is 18.5. The average Bonchev–Trinajstić information content (AvgIpc) is 2.50. The van der Waals surface area contributed by atoms with E-state index in [-0.39, 0.29) is 0 Å². The molecule has 2 rings (SSSR count). The second-order valence-corrected chi connectivity index (χ2v) is 8.19. The van der Waals surface area contributed by atoms with E-state index >= 15 is 0 Å². The standard InChI is InChI=1S/C15H13AsF3NO3S/c1-9-6-7-10(8-12(9)16)20-14(21)11-4-2-3-5-13(11)24(22,23)15(17,18)19/h2-8H,16H2,1H3,(H,20,21). The SMILES string of the molecule is Cc1ccc(NC(=O)c2ccccc2S(=O)(=O)C(F)(F)F)cc1[AsH2]. The molecule has 0 radical (unpaired) electrons. The summed E-state index contributed by atoms with van der Waals surface area (Å²) in [5.74, 6) is -0.922. The van der Waals surface area contributed by atoms with Crippen LogP contribution in [0.25, 0.3) is 0 Å². The second kappa shape index (κ2) is 6.61. The van der Waals surface area contributed by atoms with E-state index in [4.69, 9.17) is 0 Å². The Labute approximate surface area is 145 Å². The summed E-state index contributed by atoms with van der Waals surface area (Å²) in [6.07, 6.45) is 0. The van der Waals surface area contributed by atoms with Crippen LogP contribution in [-0.4, -0.2) is 36.7 Å². The molecule has 128 valence electrons.